The lowest BCUT2D eigenvalue weighted by atomic mass is 9.12. The molecule has 240 valence electrons. The molecule has 0 unspecified atom stereocenters. The van der Waals surface area contributed by atoms with Crippen LogP contribution in [-0.4, -0.2) is 6.15 Å². The van der Waals surface area contributed by atoms with Gasteiger partial charge in [-0.25, -0.2) is 79.0 Å². The van der Waals surface area contributed by atoms with E-state index in [0.717, 1.165) is 0 Å². The van der Waals surface area contributed by atoms with Crippen LogP contribution in [0.1, 0.15) is 11.1 Å². The summed E-state index contributed by atoms with van der Waals surface area (Å²) in [5.41, 5.74) is -16.2. The minimum atomic E-state index is -6.68. The van der Waals surface area contributed by atoms with Crippen molar-refractivity contribution >= 4 is 28.0 Å². The molecule has 4 aromatic carbocycles. The molecule has 0 atom stereocenters. The molecule has 45 heavy (non-hydrogen) atoms. The molecule has 0 heterocycles. The van der Waals surface area contributed by atoms with Crippen molar-refractivity contribution in [1.29, 1.82) is 0 Å². The molecule has 19 heteroatoms. The Morgan fingerprint density at radius 1 is 0.222 bits per heavy atom. The molecule has 0 nitrogen and oxygen atoms in total. The molecular weight excluding hydrogens is 665 g/mol. The molecule has 0 aliphatic heterocycles. The summed E-state index contributed by atoms with van der Waals surface area (Å²) in [5.74, 6) is -57.6. The quantitative estimate of drug-likeness (QED) is 0.105. The molecule has 0 aliphatic rings. The minimum absolute atomic E-state index is 0.0401. The Bertz CT molecular complexity index is 1570. The molecule has 0 fully saturated rings. The fourth-order valence-electron chi connectivity index (χ4n) is 5.28. The fraction of sp³-hybridized carbons (Fsp3) is 0.0769. The Balaban J connectivity index is 2.69. The van der Waals surface area contributed by atoms with Crippen molar-refractivity contribution < 1.29 is 79.0 Å². The predicted molar refractivity (Wildman–Crippen MR) is 119 cm³/mol. The molecule has 0 aliphatic carbocycles. The van der Waals surface area contributed by atoms with E-state index in [1.54, 1.807) is 0 Å². The van der Waals surface area contributed by atoms with Gasteiger partial charge in [-0.05, 0) is 19.4 Å². The normalized spacial score (nSPS) is 12.0. The highest BCUT2D eigenvalue weighted by molar-refractivity contribution is 7.20. The predicted octanol–water partition coefficient (Wildman–Crippen LogP) is 6.18. The van der Waals surface area contributed by atoms with E-state index in [1.807, 2.05) is 0 Å². The van der Waals surface area contributed by atoms with Crippen LogP contribution < -0.4 is 21.9 Å². The number of hydrogen-bond donors (Lipinski definition) is 0. The first-order valence-electron chi connectivity index (χ1n) is 11.6. The molecule has 0 radical (unpaired) electrons. The summed E-state index contributed by atoms with van der Waals surface area (Å²) in [6.07, 6.45) is -6.68. The van der Waals surface area contributed by atoms with Gasteiger partial charge in [0.1, 0.15) is 46.9 Å². The van der Waals surface area contributed by atoms with E-state index in [1.165, 1.54) is 0 Å². The molecule has 0 bridgehead atoms. The van der Waals surface area contributed by atoms with Gasteiger partial charge in [-0.1, -0.05) is 0 Å². The minimum Gasteiger partial charge on any atom is -0.207 e. The second-order valence-electron chi connectivity index (χ2n) is 9.42. The monoisotopic (exact) mass is 671 g/mol. The summed E-state index contributed by atoms with van der Waals surface area (Å²) in [4.78, 5) is 0. The van der Waals surface area contributed by atoms with E-state index < -0.39 is 144 Å². The average molecular weight is 671 g/mol. The molecule has 0 aromatic heterocycles. The summed E-state index contributed by atoms with van der Waals surface area (Å²) in [5, 5.41) is 0. The van der Waals surface area contributed by atoms with Gasteiger partial charge in [-0.15, -0.1) is 16.4 Å². The van der Waals surface area contributed by atoms with E-state index in [4.69, 9.17) is 0 Å². The van der Waals surface area contributed by atoms with E-state index in [0.29, 0.717) is 0 Å². The maximum Gasteiger partial charge on any atom is 0.200 e. The van der Waals surface area contributed by atoms with Crippen LogP contribution in [0.15, 0.2) is 0 Å². The van der Waals surface area contributed by atoms with Gasteiger partial charge in [0.15, 0.2) is 64.0 Å². The van der Waals surface area contributed by atoms with Crippen molar-refractivity contribution in [2.24, 2.45) is 0 Å². The maximum absolute atomic E-state index is 15.7. The van der Waals surface area contributed by atoms with E-state index in [-0.39, 0.29) is 13.8 Å². The molecule has 0 amide bonds. The molecule has 0 saturated heterocycles. The van der Waals surface area contributed by atoms with Gasteiger partial charge in [0.2, 0.25) is 0 Å². The molecule has 0 spiro atoms. The van der Waals surface area contributed by atoms with E-state index in [2.05, 4.69) is 0 Å². The third kappa shape index (κ3) is 4.21. The SMILES string of the molecule is Cc1c(F)c(F)c([B-](c2c(C)c(F)c(F)c(F)c2F)(c2c(F)c(F)c(F)c(F)c2F)c2c(F)c(F)c(F)c(F)c2F)c(F)c1F. The molecular formula is C26H6BF18-. The lowest BCUT2D eigenvalue weighted by Crippen LogP contribution is -2.81. The van der Waals surface area contributed by atoms with Gasteiger partial charge in [-0.2, -0.15) is 5.46 Å². The van der Waals surface area contributed by atoms with Crippen molar-refractivity contribution in [3.63, 3.8) is 0 Å². The molecule has 0 saturated carbocycles. The average Bonchev–Trinajstić information content (AvgIpc) is 3.00. The molecule has 4 aromatic rings. The summed E-state index contributed by atoms with van der Waals surface area (Å²) in [7, 11) is 0. The van der Waals surface area contributed by atoms with Crippen molar-refractivity contribution in [2.45, 2.75) is 13.8 Å². The van der Waals surface area contributed by atoms with Gasteiger partial charge in [-0.3, -0.25) is 0 Å². The first kappa shape index (κ1) is 33.6. The third-order valence-electron chi connectivity index (χ3n) is 7.28. The van der Waals surface area contributed by atoms with Crippen molar-refractivity contribution in [2.75, 3.05) is 0 Å². The van der Waals surface area contributed by atoms with Crippen LogP contribution in [0.25, 0.3) is 0 Å². The summed E-state index contributed by atoms with van der Waals surface area (Å²) in [6.45, 7) is 0.177. The largest absolute Gasteiger partial charge is 0.207 e. The standard InChI is InChI=1S/C26H6BF18/c1-3-5(12(31)20(39)19(38)9(3)28)27(6-13(32)10(29)4(2)11(30)14(6)33,7-15(34)21(40)25(44)22(41)16(7)35)8-17(36)23(42)26(45)24(43)18(8)37/h1-2H3/q-1. The van der Waals surface area contributed by atoms with Gasteiger partial charge in [0.25, 0.3) is 0 Å². The van der Waals surface area contributed by atoms with Crippen LogP contribution in [-0.2, 0) is 0 Å². The van der Waals surface area contributed by atoms with Crippen LogP contribution in [0.5, 0.6) is 0 Å². The van der Waals surface area contributed by atoms with Crippen LogP contribution in [0.3, 0.4) is 0 Å². The highest BCUT2D eigenvalue weighted by Gasteiger charge is 2.51. The van der Waals surface area contributed by atoms with Crippen molar-refractivity contribution in [3.8, 4) is 0 Å². The molecule has 4 rings (SSSR count). The summed E-state index contributed by atoms with van der Waals surface area (Å²) < 4.78 is 269. The summed E-state index contributed by atoms with van der Waals surface area (Å²) in [6, 6.07) is 0. The summed E-state index contributed by atoms with van der Waals surface area (Å²) >= 11 is 0. The Morgan fingerprint density at radius 2 is 0.400 bits per heavy atom. The fourth-order valence-corrected chi connectivity index (χ4v) is 5.28. The van der Waals surface area contributed by atoms with E-state index in [9.17, 15) is 48.3 Å². The smallest absolute Gasteiger partial charge is 0.200 e. The topological polar surface area (TPSA) is 0 Å². The molecule has 0 N–H and O–H groups in total. The highest BCUT2D eigenvalue weighted by Crippen LogP contribution is 2.31. The van der Waals surface area contributed by atoms with Gasteiger partial charge < -0.3 is 0 Å². The number of rotatable bonds is 4. The van der Waals surface area contributed by atoms with Crippen molar-refractivity contribution in [1.82, 2.24) is 0 Å². The van der Waals surface area contributed by atoms with Gasteiger partial charge in [0, 0.05) is 5.56 Å². The zero-order valence-electron chi connectivity index (χ0n) is 21.4. The lowest BCUT2D eigenvalue weighted by Gasteiger charge is -2.45. The van der Waals surface area contributed by atoms with Crippen LogP contribution >= 0.6 is 0 Å². The van der Waals surface area contributed by atoms with Crippen LogP contribution in [0.2, 0.25) is 0 Å². The van der Waals surface area contributed by atoms with Crippen LogP contribution in [0.4, 0.5) is 79.0 Å². The van der Waals surface area contributed by atoms with Crippen LogP contribution in [0, 0.1) is 119 Å². The second kappa shape index (κ2) is 10.9. The number of benzene rings is 4. The lowest BCUT2D eigenvalue weighted by molar-refractivity contribution is 0.381. The number of hydrogen-bond acceptors (Lipinski definition) is 0. The highest BCUT2D eigenvalue weighted by atomic mass is 19.2. The van der Waals surface area contributed by atoms with Crippen molar-refractivity contribution in [3.05, 3.63) is 116 Å². The first-order chi connectivity index (χ1) is 20.7. The Labute approximate surface area is 237 Å². The van der Waals surface area contributed by atoms with Gasteiger partial charge >= 0.3 is 0 Å². The zero-order valence-corrected chi connectivity index (χ0v) is 21.4. The Morgan fingerprint density at radius 3 is 0.689 bits per heavy atom. The Hall–Kier alpha value is -4.32. The first-order valence-corrected chi connectivity index (χ1v) is 11.6. The van der Waals surface area contributed by atoms with Gasteiger partial charge in [0.05, 0.1) is 0 Å². The Kier molecular flexibility index (Phi) is 8.16. The van der Waals surface area contributed by atoms with E-state index >= 15 is 30.7 Å². The second-order valence-corrected chi connectivity index (χ2v) is 9.42. The zero-order chi connectivity index (χ0) is 34.4. The maximum atomic E-state index is 15.7. The third-order valence-corrected chi connectivity index (χ3v) is 7.28. The number of halogens is 18.